The van der Waals surface area contributed by atoms with Crippen LogP contribution in [0.3, 0.4) is 0 Å². The van der Waals surface area contributed by atoms with Gasteiger partial charge in [-0.1, -0.05) is 13.8 Å². The standard InChI is InChI=1S/C12H24N2/c1-9(2)10-6-12(7-10)14-5-3-4-11(13)8-14/h9-12H,3-8,13H2,1-2H3. The van der Waals surface area contributed by atoms with Gasteiger partial charge in [-0.3, -0.25) is 4.90 Å². The Morgan fingerprint density at radius 1 is 1.29 bits per heavy atom. The first-order valence-electron chi connectivity index (χ1n) is 6.16. The van der Waals surface area contributed by atoms with Crippen LogP contribution in [0.2, 0.25) is 0 Å². The van der Waals surface area contributed by atoms with E-state index in [1.54, 1.807) is 0 Å². The van der Waals surface area contributed by atoms with E-state index in [9.17, 15) is 0 Å². The van der Waals surface area contributed by atoms with Crippen molar-refractivity contribution in [1.82, 2.24) is 4.90 Å². The first-order valence-corrected chi connectivity index (χ1v) is 6.16. The van der Waals surface area contributed by atoms with Crippen molar-refractivity contribution in [2.75, 3.05) is 13.1 Å². The lowest BCUT2D eigenvalue weighted by Gasteiger charge is -2.47. The van der Waals surface area contributed by atoms with E-state index in [4.69, 9.17) is 5.73 Å². The van der Waals surface area contributed by atoms with Crippen molar-refractivity contribution in [1.29, 1.82) is 0 Å². The molecule has 0 aromatic heterocycles. The Morgan fingerprint density at radius 2 is 2.00 bits per heavy atom. The fraction of sp³-hybridized carbons (Fsp3) is 1.00. The van der Waals surface area contributed by atoms with Crippen LogP contribution in [0.15, 0.2) is 0 Å². The SMILES string of the molecule is CC(C)C1CC(N2CCCC(N)C2)C1. The summed E-state index contributed by atoms with van der Waals surface area (Å²) in [4.78, 5) is 2.63. The molecule has 2 fully saturated rings. The van der Waals surface area contributed by atoms with Crippen molar-refractivity contribution in [3.63, 3.8) is 0 Å². The van der Waals surface area contributed by atoms with E-state index in [-0.39, 0.29) is 0 Å². The van der Waals surface area contributed by atoms with Crippen LogP contribution in [0.4, 0.5) is 0 Å². The first-order chi connectivity index (χ1) is 6.66. The molecule has 1 heterocycles. The minimum atomic E-state index is 0.446. The minimum absolute atomic E-state index is 0.446. The van der Waals surface area contributed by atoms with Crippen molar-refractivity contribution >= 4 is 0 Å². The summed E-state index contributed by atoms with van der Waals surface area (Å²) in [6.45, 7) is 7.14. The summed E-state index contributed by atoms with van der Waals surface area (Å²) in [5, 5.41) is 0. The average Bonchev–Trinajstić information content (AvgIpc) is 2.00. The van der Waals surface area contributed by atoms with E-state index in [2.05, 4.69) is 18.7 Å². The second-order valence-corrected chi connectivity index (χ2v) is 5.53. The molecule has 0 aromatic rings. The summed E-state index contributed by atoms with van der Waals surface area (Å²) in [5.41, 5.74) is 5.99. The number of nitrogens with two attached hydrogens (primary N) is 1. The third kappa shape index (κ3) is 2.12. The molecule has 1 aliphatic heterocycles. The Balaban J connectivity index is 1.76. The molecular formula is C12H24N2. The number of rotatable bonds is 2. The molecule has 2 aliphatic rings. The van der Waals surface area contributed by atoms with Crippen LogP contribution in [0.25, 0.3) is 0 Å². The molecule has 0 radical (unpaired) electrons. The van der Waals surface area contributed by atoms with Gasteiger partial charge < -0.3 is 5.73 Å². The monoisotopic (exact) mass is 196 g/mol. The van der Waals surface area contributed by atoms with Gasteiger partial charge in [0.25, 0.3) is 0 Å². The van der Waals surface area contributed by atoms with Crippen molar-refractivity contribution in [3.05, 3.63) is 0 Å². The van der Waals surface area contributed by atoms with Crippen molar-refractivity contribution in [3.8, 4) is 0 Å². The van der Waals surface area contributed by atoms with Crippen LogP contribution >= 0.6 is 0 Å². The summed E-state index contributed by atoms with van der Waals surface area (Å²) in [7, 11) is 0. The van der Waals surface area contributed by atoms with Gasteiger partial charge in [-0.15, -0.1) is 0 Å². The Bertz CT molecular complexity index is 185. The molecule has 1 saturated heterocycles. The maximum atomic E-state index is 5.99. The highest BCUT2D eigenvalue weighted by Gasteiger charge is 2.36. The molecule has 0 aromatic carbocycles. The summed E-state index contributed by atoms with van der Waals surface area (Å²) in [6, 6.07) is 1.32. The van der Waals surface area contributed by atoms with Gasteiger partial charge >= 0.3 is 0 Å². The van der Waals surface area contributed by atoms with Gasteiger partial charge in [0.15, 0.2) is 0 Å². The number of nitrogens with zero attached hydrogens (tertiary/aromatic N) is 1. The number of hydrogen-bond donors (Lipinski definition) is 1. The molecule has 82 valence electrons. The molecule has 14 heavy (non-hydrogen) atoms. The van der Waals surface area contributed by atoms with E-state index in [1.807, 2.05) is 0 Å². The maximum Gasteiger partial charge on any atom is 0.0168 e. The number of piperidine rings is 1. The van der Waals surface area contributed by atoms with Crippen molar-refractivity contribution < 1.29 is 0 Å². The third-order valence-corrected chi connectivity index (χ3v) is 4.10. The zero-order chi connectivity index (χ0) is 10.1. The van der Waals surface area contributed by atoms with Gasteiger partial charge in [-0.05, 0) is 44.1 Å². The van der Waals surface area contributed by atoms with Crippen LogP contribution < -0.4 is 5.73 Å². The fourth-order valence-electron chi connectivity index (χ4n) is 2.84. The molecule has 0 amide bonds. The molecule has 0 spiro atoms. The van der Waals surface area contributed by atoms with Crippen molar-refractivity contribution in [2.24, 2.45) is 17.6 Å². The van der Waals surface area contributed by atoms with E-state index >= 15 is 0 Å². The van der Waals surface area contributed by atoms with Crippen molar-refractivity contribution in [2.45, 2.75) is 51.6 Å². The van der Waals surface area contributed by atoms with Gasteiger partial charge in [0.2, 0.25) is 0 Å². The zero-order valence-electron chi connectivity index (χ0n) is 9.58. The minimum Gasteiger partial charge on any atom is -0.327 e. The van der Waals surface area contributed by atoms with Gasteiger partial charge in [-0.25, -0.2) is 0 Å². The maximum absolute atomic E-state index is 5.99. The Hall–Kier alpha value is -0.0800. The largest absolute Gasteiger partial charge is 0.327 e. The highest BCUT2D eigenvalue weighted by Crippen LogP contribution is 2.37. The third-order valence-electron chi connectivity index (χ3n) is 4.10. The zero-order valence-corrected chi connectivity index (χ0v) is 9.58. The van der Waals surface area contributed by atoms with Gasteiger partial charge in [0, 0.05) is 18.6 Å². The topological polar surface area (TPSA) is 29.3 Å². The second kappa shape index (κ2) is 4.19. The average molecular weight is 196 g/mol. The predicted molar refractivity (Wildman–Crippen MR) is 60.1 cm³/mol. The van der Waals surface area contributed by atoms with E-state index in [1.165, 1.54) is 32.2 Å². The summed E-state index contributed by atoms with van der Waals surface area (Å²) >= 11 is 0. The normalized spacial score (nSPS) is 39.9. The van der Waals surface area contributed by atoms with E-state index in [0.717, 1.165) is 24.4 Å². The lowest BCUT2D eigenvalue weighted by molar-refractivity contribution is 0.0374. The Labute approximate surface area is 87.8 Å². The second-order valence-electron chi connectivity index (χ2n) is 5.53. The van der Waals surface area contributed by atoms with Gasteiger partial charge in [0.05, 0.1) is 0 Å². The molecule has 2 heteroatoms. The Kier molecular flexibility index (Phi) is 3.13. The van der Waals surface area contributed by atoms with Crippen LogP contribution in [-0.4, -0.2) is 30.1 Å². The highest BCUT2D eigenvalue weighted by atomic mass is 15.2. The van der Waals surface area contributed by atoms with Crippen LogP contribution in [-0.2, 0) is 0 Å². The first kappa shape index (κ1) is 10.4. The summed E-state index contributed by atoms with van der Waals surface area (Å²) in [5.74, 6) is 1.86. The molecule has 2 N–H and O–H groups in total. The molecular weight excluding hydrogens is 172 g/mol. The molecule has 0 bridgehead atoms. The molecule has 1 unspecified atom stereocenters. The van der Waals surface area contributed by atoms with Gasteiger partial charge in [0.1, 0.15) is 0 Å². The predicted octanol–water partition coefficient (Wildman–Crippen LogP) is 1.84. The molecule has 1 atom stereocenters. The van der Waals surface area contributed by atoms with E-state index in [0.29, 0.717) is 6.04 Å². The van der Waals surface area contributed by atoms with Crippen LogP contribution in [0, 0.1) is 11.8 Å². The smallest absolute Gasteiger partial charge is 0.0168 e. The Morgan fingerprint density at radius 3 is 2.57 bits per heavy atom. The molecule has 2 nitrogen and oxygen atoms in total. The van der Waals surface area contributed by atoms with Gasteiger partial charge in [-0.2, -0.15) is 0 Å². The molecule has 1 saturated carbocycles. The molecule has 1 aliphatic carbocycles. The number of hydrogen-bond acceptors (Lipinski definition) is 2. The molecule has 2 rings (SSSR count). The fourth-order valence-corrected chi connectivity index (χ4v) is 2.84. The summed E-state index contributed by atoms with van der Waals surface area (Å²) in [6.07, 6.45) is 5.38. The lowest BCUT2D eigenvalue weighted by atomic mass is 9.72. The quantitative estimate of drug-likeness (QED) is 0.730. The van der Waals surface area contributed by atoms with Crippen LogP contribution in [0.5, 0.6) is 0 Å². The highest BCUT2D eigenvalue weighted by molar-refractivity contribution is 4.91. The number of likely N-dealkylation sites (tertiary alicyclic amines) is 1. The lowest BCUT2D eigenvalue weighted by Crippen LogP contribution is -2.52. The van der Waals surface area contributed by atoms with Crippen LogP contribution in [0.1, 0.15) is 39.5 Å². The summed E-state index contributed by atoms with van der Waals surface area (Å²) < 4.78 is 0. The van der Waals surface area contributed by atoms with E-state index < -0.39 is 0 Å².